The van der Waals surface area contributed by atoms with Gasteiger partial charge in [-0.2, -0.15) is 39.5 Å². The first kappa shape index (κ1) is 44.2. The third-order valence-corrected chi connectivity index (χ3v) is 9.04. The number of halogens is 18. The summed E-state index contributed by atoms with van der Waals surface area (Å²) in [6.45, 7) is 2.50. The third-order valence-electron chi connectivity index (χ3n) is 9.04. The third kappa shape index (κ3) is 8.26. The van der Waals surface area contributed by atoms with E-state index >= 15 is 17.6 Å². The van der Waals surface area contributed by atoms with E-state index in [1.807, 2.05) is 0 Å². The maximum Gasteiger partial charge on any atom is 0.416 e. The molecule has 0 saturated heterocycles. The second-order valence-electron chi connectivity index (χ2n) is 13.3. The lowest BCUT2D eigenvalue weighted by molar-refractivity contribution is -0.138. The number of hydrogen-bond donors (Lipinski definition) is 0. The number of hydrogen-bond acceptors (Lipinski definition) is 2. The van der Waals surface area contributed by atoms with Crippen molar-refractivity contribution in [3.05, 3.63) is 165 Å². The molecule has 0 bridgehead atoms. The SMILES string of the molecule is Cc1cc(N(c2ccc(N(c3ccc(C(F)(F)F)cc3)c3c(F)c(F)c(-c4c(F)c(F)c(F)c(F)c4F)c(F)c3F)cc2)c2cc(C)cc(C(F)(F)F)c2)cc(C(F)(F)F)c1. The molecule has 320 valence electrons. The first-order valence-corrected chi connectivity index (χ1v) is 16.9. The number of rotatable bonds is 7. The van der Waals surface area contributed by atoms with Crippen molar-refractivity contribution in [1.29, 1.82) is 0 Å². The van der Waals surface area contributed by atoms with E-state index in [4.69, 9.17) is 0 Å². The molecule has 0 aromatic heterocycles. The largest absolute Gasteiger partial charge is 0.416 e. The van der Waals surface area contributed by atoms with Crippen molar-refractivity contribution in [3.8, 4) is 11.1 Å². The summed E-state index contributed by atoms with van der Waals surface area (Å²) in [5, 5.41) is 0. The number of nitrogens with zero attached hydrogens (tertiary/aromatic N) is 2. The molecule has 0 radical (unpaired) electrons. The summed E-state index contributed by atoms with van der Waals surface area (Å²) in [5.41, 5.74) is -12.9. The fourth-order valence-corrected chi connectivity index (χ4v) is 6.38. The highest BCUT2D eigenvalue weighted by atomic mass is 19.4. The van der Waals surface area contributed by atoms with Crippen LogP contribution in [0.1, 0.15) is 27.8 Å². The van der Waals surface area contributed by atoms with Gasteiger partial charge >= 0.3 is 18.5 Å². The Kier molecular flexibility index (Phi) is 11.3. The van der Waals surface area contributed by atoms with Crippen LogP contribution in [0.3, 0.4) is 0 Å². The molecule has 0 atom stereocenters. The molecule has 20 heteroatoms. The number of alkyl halides is 9. The van der Waals surface area contributed by atoms with Crippen LogP contribution in [0.2, 0.25) is 0 Å². The second-order valence-corrected chi connectivity index (χ2v) is 13.3. The molecule has 0 aliphatic rings. The number of benzene rings is 6. The quantitative estimate of drug-likeness (QED) is 0.0895. The van der Waals surface area contributed by atoms with E-state index < -0.39 is 116 Å². The van der Waals surface area contributed by atoms with Gasteiger partial charge in [0, 0.05) is 28.4 Å². The van der Waals surface area contributed by atoms with E-state index in [0.717, 1.165) is 53.4 Å². The highest BCUT2D eigenvalue weighted by Crippen LogP contribution is 2.47. The van der Waals surface area contributed by atoms with E-state index in [0.29, 0.717) is 36.4 Å². The average Bonchev–Trinajstić information content (AvgIpc) is 3.17. The second kappa shape index (κ2) is 15.6. The van der Waals surface area contributed by atoms with Gasteiger partial charge in [-0.15, -0.1) is 0 Å². The zero-order valence-electron chi connectivity index (χ0n) is 30.3. The summed E-state index contributed by atoms with van der Waals surface area (Å²) in [7, 11) is 0. The highest BCUT2D eigenvalue weighted by Gasteiger charge is 2.38. The van der Waals surface area contributed by atoms with Crippen molar-refractivity contribution >= 4 is 34.1 Å². The maximum absolute atomic E-state index is 16.1. The zero-order valence-corrected chi connectivity index (χ0v) is 30.3. The molecule has 2 nitrogen and oxygen atoms in total. The van der Waals surface area contributed by atoms with E-state index in [-0.39, 0.29) is 33.1 Å². The molecular weight excluding hydrogens is 862 g/mol. The van der Waals surface area contributed by atoms with Gasteiger partial charge in [-0.05, 0) is 110 Å². The lowest BCUT2D eigenvalue weighted by Crippen LogP contribution is -2.18. The Bertz CT molecular complexity index is 2540. The number of anilines is 6. The predicted molar refractivity (Wildman–Crippen MR) is 185 cm³/mol. The van der Waals surface area contributed by atoms with Crippen molar-refractivity contribution < 1.29 is 79.0 Å². The standard InChI is InChI=1S/C41H20F18N2/c1-17-11-20(40(54,55)56)15-25(13-17)60(26-14-18(2)12-21(16-26)41(57,58)59)22-7-9-24(10-8-22)61(23-5-3-19(4-6-23)39(51,52)53)38-36(49)31(44)28(32(45)37(38)50)27-29(42)33(46)35(48)34(47)30(27)43/h3-16H,1-2H3. The summed E-state index contributed by atoms with van der Waals surface area (Å²) >= 11 is 0. The van der Waals surface area contributed by atoms with E-state index in [1.54, 1.807) is 0 Å². The van der Waals surface area contributed by atoms with Crippen LogP contribution >= 0.6 is 0 Å². The van der Waals surface area contributed by atoms with E-state index in [2.05, 4.69) is 0 Å². The molecule has 6 aromatic carbocycles. The van der Waals surface area contributed by atoms with Gasteiger partial charge in [0.05, 0.1) is 27.8 Å². The smallest absolute Gasteiger partial charge is 0.310 e. The van der Waals surface area contributed by atoms with E-state index in [9.17, 15) is 61.5 Å². The fourth-order valence-electron chi connectivity index (χ4n) is 6.38. The molecule has 0 aliphatic carbocycles. The van der Waals surface area contributed by atoms with Crippen LogP contribution < -0.4 is 9.80 Å². The number of aryl methyl sites for hydroxylation is 2. The molecule has 0 spiro atoms. The minimum atomic E-state index is -5.01. The minimum absolute atomic E-state index is 0.0204. The first-order chi connectivity index (χ1) is 28.2. The normalized spacial score (nSPS) is 12.3. The predicted octanol–water partition coefficient (Wildman–Crippen LogP) is 15.2. The summed E-state index contributed by atoms with van der Waals surface area (Å²) < 4.78 is 259. The van der Waals surface area contributed by atoms with Crippen molar-refractivity contribution in [3.63, 3.8) is 0 Å². The van der Waals surface area contributed by atoms with Crippen LogP contribution in [0, 0.1) is 66.2 Å². The summed E-state index contributed by atoms with van der Waals surface area (Å²) in [6.07, 6.45) is -14.9. The van der Waals surface area contributed by atoms with E-state index in [1.165, 1.54) is 13.8 Å². The van der Waals surface area contributed by atoms with Crippen molar-refractivity contribution in [2.24, 2.45) is 0 Å². The van der Waals surface area contributed by atoms with Gasteiger partial charge in [0.2, 0.25) is 5.82 Å². The topological polar surface area (TPSA) is 6.48 Å². The average molecular weight is 883 g/mol. The molecule has 0 N–H and O–H groups in total. The maximum atomic E-state index is 16.1. The minimum Gasteiger partial charge on any atom is -0.310 e. The molecule has 0 heterocycles. The van der Waals surface area contributed by atoms with Crippen LogP contribution in [-0.4, -0.2) is 0 Å². The lowest BCUT2D eigenvalue weighted by atomic mass is 9.99. The lowest BCUT2D eigenvalue weighted by Gasteiger charge is -2.30. The molecule has 0 unspecified atom stereocenters. The van der Waals surface area contributed by atoms with Gasteiger partial charge in [-0.1, -0.05) is 0 Å². The zero-order chi connectivity index (χ0) is 45.3. The fraction of sp³-hybridized carbons (Fsp3) is 0.122. The van der Waals surface area contributed by atoms with Crippen molar-refractivity contribution in [2.45, 2.75) is 32.4 Å². The monoisotopic (exact) mass is 882 g/mol. The Morgan fingerprint density at radius 3 is 0.951 bits per heavy atom. The van der Waals surface area contributed by atoms with Crippen LogP contribution in [0.5, 0.6) is 0 Å². The Hall–Kier alpha value is -6.34. The van der Waals surface area contributed by atoms with Gasteiger partial charge in [-0.3, -0.25) is 0 Å². The van der Waals surface area contributed by atoms with Crippen molar-refractivity contribution in [2.75, 3.05) is 9.80 Å². The van der Waals surface area contributed by atoms with Gasteiger partial charge in [0.15, 0.2) is 46.5 Å². The Labute approximate surface area is 331 Å². The van der Waals surface area contributed by atoms with Crippen LogP contribution in [0.4, 0.5) is 113 Å². The van der Waals surface area contributed by atoms with Gasteiger partial charge in [0.25, 0.3) is 0 Å². The Morgan fingerprint density at radius 2 is 0.607 bits per heavy atom. The van der Waals surface area contributed by atoms with Gasteiger partial charge in [-0.25, -0.2) is 39.5 Å². The van der Waals surface area contributed by atoms with Crippen molar-refractivity contribution in [1.82, 2.24) is 0 Å². The first-order valence-electron chi connectivity index (χ1n) is 16.9. The highest BCUT2D eigenvalue weighted by molar-refractivity contribution is 5.83. The molecule has 6 aromatic rings. The Morgan fingerprint density at radius 1 is 0.311 bits per heavy atom. The van der Waals surface area contributed by atoms with Crippen LogP contribution in [-0.2, 0) is 18.5 Å². The molecule has 0 fully saturated rings. The molecule has 0 aliphatic heterocycles. The molecular formula is C41H20F18N2. The summed E-state index contributed by atoms with van der Waals surface area (Å²) in [4.78, 5) is 1.13. The summed E-state index contributed by atoms with van der Waals surface area (Å²) in [5.74, 6) is -24.7. The molecule has 61 heavy (non-hydrogen) atoms. The summed E-state index contributed by atoms with van der Waals surface area (Å²) in [6, 6.07) is 10.3. The van der Waals surface area contributed by atoms with Crippen LogP contribution in [0.15, 0.2) is 84.9 Å². The molecule has 0 amide bonds. The molecule has 6 rings (SSSR count). The Balaban J connectivity index is 1.61. The van der Waals surface area contributed by atoms with Gasteiger partial charge in [0.1, 0.15) is 5.69 Å². The van der Waals surface area contributed by atoms with Crippen LogP contribution in [0.25, 0.3) is 11.1 Å². The van der Waals surface area contributed by atoms with Gasteiger partial charge < -0.3 is 9.80 Å². The molecule has 0 saturated carbocycles.